The summed E-state index contributed by atoms with van der Waals surface area (Å²) in [5.74, 6) is 0.132. The Bertz CT molecular complexity index is 797. The number of hydrogen-bond acceptors (Lipinski definition) is 9. The van der Waals surface area contributed by atoms with Crippen molar-refractivity contribution in [3.63, 3.8) is 0 Å². The molecule has 0 atom stereocenters. The Morgan fingerprint density at radius 1 is 1.25 bits per heavy atom. The summed E-state index contributed by atoms with van der Waals surface area (Å²) < 4.78 is 11.6. The van der Waals surface area contributed by atoms with Gasteiger partial charge in [-0.2, -0.15) is 5.10 Å². The molecule has 0 radical (unpaired) electrons. The standard InChI is InChI=1S/C17H26N6O4S/c1-4-27-14(25)6-5-13(24)18-7-9-23-16-12(11-20-23)15(19-8-10-26-2)21-17(22-16)28-3/h11H,4-10H2,1-3H3,(H,18,24)(H,19,21,22). The maximum atomic E-state index is 11.8. The van der Waals surface area contributed by atoms with Gasteiger partial charge in [-0.05, 0) is 13.2 Å². The van der Waals surface area contributed by atoms with Crippen molar-refractivity contribution >= 4 is 40.5 Å². The van der Waals surface area contributed by atoms with Gasteiger partial charge in [0.05, 0.1) is 37.8 Å². The SMILES string of the molecule is CCOC(=O)CCC(=O)NCCn1ncc2c(NCCOC)nc(SC)nc21. The van der Waals surface area contributed by atoms with Crippen LogP contribution in [0.5, 0.6) is 0 Å². The fraction of sp³-hybridized carbons (Fsp3) is 0.588. The summed E-state index contributed by atoms with van der Waals surface area (Å²) in [4.78, 5) is 32.2. The zero-order chi connectivity index (χ0) is 20.4. The van der Waals surface area contributed by atoms with Crippen LogP contribution in [0.25, 0.3) is 11.0 Å². The van der Waals surface area contributed by atoms with E-state index in [1.54, 1.807) is 24.9 Å². The molecule has 0 bridgehead atoms. The fourth-order valence-electron chi connectivity index (χ4n) is 2.43. The van der Waals surface area contributed by atoms with Crippen molar-refractivity contribution in [3.8, 4) is 0 Å². The molecule has 154 valence electrons. The first-order chi connectivity index (χ1) is 13.6. The number of esters is 1. The van der Waals surface area contributed by atoms with Crippen molar-refractivity contribution in [1.82, 2.24) is 25.1 Å². The monoisotopic (exact) mass is 410 g/mol. The number of rotatable bonds is 12. The van der Waals surface area contributed by atoms with Crippen molar-refractivity contribution < 1.29 is 19.1 Å². The van der Waals surface area contributed by atoms with E-state index in [0.29, 0.717) is 49.5 Å². The minimum absolute atomic E-state index is 0.0746. The van der Waals surface area contributed by atoms with Gasteiger partial charge in [-0.15, -0.1) is 0 Å². The van der Waals surface area contributed by atoms with Crippen LogP contribution < -0.4 is 10.6 Å². The largest absolute Gasteiger partial charge is 0.466 e. The predicted molar refractivity (Wildman–Crippen MR) is 106 cm³/mol. The lowest BCUT2D eigenvalue weighted by atomic mass is 10.3. The van der Waals surface area contributed by atoms with E-state index >= 15 is 0 Å². The van der Waals surface area contributed by atoms with Crippen molar-refractivity contribution in [2.75, 3.05) is 45.0 Å². The van der Waals surface area contributed by atoms with Crippen LogP contribution in [0, 0.1) is 0 Å². The van der Waals surface area contributed by atoms with Crippen molar-refractivity contribution in [1.29, 1.82) is 0 Å². The number of carbonyl (C=O) groups excluding carboxylic acids is 2. The van der Waals surface area contributed by atoms with Crippen molar-refractivity contribution in [3.05, 3.63) is 6.20 Å². The van der Waals surface area contributed by atoms with Crippen molar-refractivity contribution in [2.24, 2.45) is 0 Å². The molecule has 0 saturated heterocycles. The Morgan fingerprint density at radius 3 is 2.79 bits per heavy atom. The number of hydrogen-bond donors (Lipinski definition) is 2. The minimum Gasteiger partial charge on any atom is -0.466 e. The Balaban J connectivity index is 1.96. The summed E-state index contributed by atoms with van der Waals surface area (Å²) in [7, 11) is 1.64. The second kappa shape index (κ2) is 11.4. The normalized spacial score (nSPS) is 10.8. The number of amides is 1. The third kappa shape index (κ3) is 6.34. The van der Waals surface area contributed by atoms with E-state index in [2.05, 4.69) is 25.7 Å². The quantitative estimate of drug-likeness (QED) is 0.229. The second-order valence-corrected chi connectivity index (χ2v) is 6.51. The number of aromatic nitrogens is 4. The molecule has 0 aliphatic carbocycles. The molecule has 0 unspecified atom stereocenters. The number of fused-ring (bicyclic) bond motifs is 1. The molecular weight excluding hydrogens is 384 g/mol. The summed E-state index contributed by atoms with van der Waals surface area (Å²) in [5.41, 5.74) is 0.694. The molecule has 0 aromatic carbocycles. The third-order valence-electron chi connectivity index (χ3n) is 3.76. The van der Waals surface area contributed by atoms with E-state index in [9.17, 15) is 9.59 Å². The van der Waals surface area contributed by atoms with Crippen LogP contribution in [-0.4, -0.2) is 71.3 Å². The summed E-state index contributed by atoms with van der Waals surface area (Å²) in [6.07, 6.45) is 3.79. The van der Waals surface area contributed by atoms with Crippen LogP contribution in [0.15, 0.2) is 11.4 Å². The molecule has 0 saturated carbocycles. The number of anilines is 1. The van der Waals surface area contributed by atoms with Crippen LogP contribution in [0.4, 0.5) is 5.82 Å². The number of nitrogens with zero attached hydrogens (tertiary/aromatic N) is 4. The van der Waals surface area contributed by atoms with E-state index in [-0.39, 0.29) is 24.7 Å². The number of ether oxygens (including phenoxy) is 2. The molecule has 2 N–H and O–H groups in total. The summed E-state index contributed by atoms with van der Waals surface area (Å²) in [5, 5.41) is 11.8. The molecule has 28 heavy (non-hydrogen) atoms. The molecule has 2 heterocycles. The van der Waals surface area contributed by atoms with Gasteiger partial charge >= 0.3 is 5.97 Å². The number of thioether (sulfide) groups is 1. The van der Waals surface area contributed by atoms with Crippen molar-refractivity contribution in [2.45, 2.75) is 31.5 Å². The van der Waals surface area contributed by atoms with E-state index < -0.39 is 0 Å². The van der Waals surface area contributed by atoms with Gasteiger partial charge < -0.3 is 20.1 Å². The Kier molecular flexibility index (Phi) is 8.95. The van der Waals surface area contributed by atoms with Gasteiger partial charge in [0.1, 0.15) is 5.82 Å². The van der Waals surface area contributed by atoms with Gasteiger partial charge in [0.2, 0.25) is 5.91 Å². The molecule has 10 nitrogen and oxygen atoms in total. The highest BCUT2D eigenvalue weighted by Crippen LogP contribution is 2.23. The minimum atomic E-state index is -0.370. The average Bonchev–Trinajstić information content (AvgIpc) is 3.10. The number of carbonyl (C=O) groups is 2. The van der Waals surface area contributed by atoms with E-state index in [0.717, 1.165) is 5.39 Å². The zero-order valence-corrected chi connectivity index (χ0v) is 17.2. The summed E-state index contributed by atoms with van der Waals surface area (Å²) >= 11 is 1.44. The molecule has 2 rings (SSSR count). The van der Waals surface area contributed by atoms with Gasteiger partial charge in [-0.1, -0.05) is 11.8 Å². The van der Waals surface area contributed by atoms with E-state index in [4.69, 9.17) is 9.47 Å². The van der Waals surface area contributed by atoms with Crippen LogP contribution in [-0.2, 0) is 25.6 Å². The average molecular weight is 411 g/mol. The lowest BCUT2D eigenvalue weighted by molar-refractivity contribution is -0.144. The highest BCUT2D eigenvalue weighted by atomic mass is 32.2. The Labute approximate surface area is 167 Å². The highest BCUT2D eigenvalue weighted by Gasteiger charge is 2.13. The fourth-order valence-corrected chi connectivity index (χ4v) is 2.80. The van der Waals surface area contributed by atoms with Gasteiger partial charge in [-0.25, -0.2) is 14.6 Å². The van der Waals surface area contributed by atoms with Crippen LogP contribution in [0.1, 0.15) is 19.8 Å². The van der Waals surface area contributed by atoms with E-state index in [1.165, 1.54) is 11.8 Å². The molecule has 0 aliphatic rings. The predicted octanol–water partition coefficient (Wildman–Crippen LogP) is 1.07. The maximum absolute atomic E-state index is 11.8. The first-order valence-electron chi connectivity index (χ1n) is 9.01. The maximum Gasteiger partial charge on any atom is 0.306 e. The van der Waals surface area contributed by atoms with Crippen LogP contribution in [0.3, 0.4) is 0 Å². The smallest absolute Gasteiger partial charge is 0.306 e. The van der Waals surface area contributed by atoms with Gasteiger partial charge in [0.15, 0.2) is 10.8 Å². The Hall–Kier alpha value is -2.40. The second-order valence-electron chi connectivity index (χ2n) is 5.74. The van der Waals surface area contributed by atoms with Crippen LogP contribution in [0.2, 0.25) is 0 Å². The summed E-state index contributed by atoms with van der Waals surface area (Å²) in [6, 6.07) is 0. The number of nitrogens with one attached hydrogen (secondary N) is 2. The highest BCUT2D eigenvalue weighted by molar-refractivity contribution is 7.98. The molecule has 2 aromatic rings. The van der Waals surface area contributed by atoms with Gasteiger partial charge in [-0.3, -0.25) is 9.59 Å². The molecule has 1 amide bonds. The zero-order valence-electron chi connectivity index (χ0n) is 16.4. The molecular formula is C17H26N6O4S. The number of methoxy groups -OCH3 is 1. The molecule has 0 aliphatic heterocycles. The van der Waals surface area contributed by atoms with Gasteiger partial charge in [0.25, 0.3) is 0 Å². The topological polar surface area (TPSA) is 120 Å². The first-order valence-corrected chi connectivity index (χ1v) is 10.2. The lowest BCUT2D eigenvalue weighted by Crippen LogP contribution is -2.28. The van der Waals surface area contributed by atoms with E-state index in [1.807, 2.05) is 6.26 Å². The third-order valence-corrected chi connectivity index (χ3v) is 4.31. The van der Waals surface area contributed by atoms with Crippen LogP contribution >= 0.6 is 11.8 Å². The molecule has 11 heteroatoms. The Morgan fingerprint density at radius 2 is 2.07 bits per heavy atom. The lowest BCUT2D eigenvalue weighted by Gasteiger charge is -2.09. The molecule has 0 spiro atoms. The molecule has 2 aromatic heterocycles. The van der Waals surface area contributed by atoms with Gasteiger partial charge in [0, 0.05) is 26.6 Å². The summed E-state index contributed by atoms with van der Waals surface area (Å²) in [6.45, 7) is 4.07. The first kappa shape index (κ1) is 21.9. The molecule has 0 fully saturated rings.